The van der Waals surface area contributed by atoms with Crippen molar-refractivity contribution in [3.63, 3.8) is 0 Å². The first-order valence-electron chi connectivity index (χ1n) is 10.7. The maximum atomic E-state index is 12.6. The first-order chi connectivity index (χ1) is 14.2. The summed E-state index contributed by atoms with van der Waals surface area (Å²) in [5, 5.41) is 2.98. The molecule has 29 heavy (non-hydrogen) atoms. The molecule has 0 aliphatic carbocycles. The molecule has 2 saturated heterocycles. The third-order valence-corrected chi connectivity index (χ3v) is 5.86. The van der Waals surface area contributed by atoms with E-state index in [1.807, 2.05) is 41.3 Å². The van der Waals surface area contributed by atoms with Crippen LogP contribution in [0.1, 0.15) is 54.4 Å². The number of nitrogens with zero attached hydrogens (tertiary/aromatic N) is 2. The first kappa shape index (κ1) is 19.5. The van der Waals surface area contributed by atoms with Gasteiger partial charge in [0.1, 0.15) is 0 Å². The normalized spacial score (nSPS) is 17.3. The van der Waals surface area contributed by atoms with Gasteiger partial charge in [-0.15, -0.1) is 0 Å². The molecule has 0 unspecified atom stereocenters. The largest absolute Gasteiger partial charge is 0.372 e. The van der Waals surface area contributed by atoms with Gasteiger partial charge in [0, 0.05) is 49.5 Å². The number of amides is 2. The highest BCUT2D eigenvalue weighted by molar-refractivity contribution is 6.04. The molecular formula is C24H29N3O2. The van der Waals surface area contributed by atoms with Crippen molar-refractivity contribution in [2.45, 2.75) is 45.1 Å². The van der Waals surface area contributed by atoms with E-state index in [2.05, 4.69) is 22.3 Å². The Morgan fingerprint density at radius 3 is 2.14 bits per heavy atom. The number of nitrogens with one attached hydrogen (secondary N) is 1. The summed E-state index contributed by atoms with van der Waals surface area (Å²) in [5.74, 6) is 0.103. The van der Waals surface area contributed by atoms with Crippen LogP contribution in [-0.4, -0.2) is 36.3 Å². The fourth-order valence-corrected chi connectivity index (χ4v) is 4.14. The van der Waals surface area contributed by atoms with Crippen molar-refractivity contribution in [2.75, 3.05) is 29.9 Å². The molecule has 0 spiro atoms. The number of benzene rings is 2. The van der Waals surface area contributed by atoms with Gasteiger partial charge in [-0.25, -0.2) is 0 Å². The maximum Gasteiger partial charge on any atom is 0.255 e. The molecule has 4 rings (SSSR count). The van der Waals surface area contributed by atoms with Crippen LogP contribution < -0.4 is 10.2 Å². The van der Waals surface area contributed by atoms with Crippen molar-refractivity contribution in [3.05, 3.63) is 59.7 Å². The molecule has 2 fully saturated rings. The molecule has 2 aliphatic rings. The second kappa shape index (κ2) is 9.12. The van der Waals surface area contributed by atoms with E-state index < -0.39 is 0 Å². The topological polar surface area (TPSA) is 52.7 Å². The monoisotopic (exact) mass is 391 g/mol. The Kier molecular flexibility index (Phi) is 6.13. The van der Waals surface area contributed by atoms with Crippen LogP contribution in [0.15, 0.2) is 48.5 Å². The average Bonchev–Trinajstić information content (AvgIpc) is 2.97. The summed E-state index contributed by atoms with van der Waals surface area (Å²) in [6, 6.07) is 15.7. The molecule has 2 amide bonds. The molecule has 152 valence electrons. The maximum absolute atomic E-state index is 12.6. The van der Waals surface area contributed by atoms with Crippen molar-refractivity contribution in [3.8, 4) is 0 Å². The molecule has 2 aliphatic heterocycles. The van der Waals surface area contributed by atoms with Crippen molar-refractivity contribution < 1.29 is 9.59 Å². The minimum absolute atomic E-state index is 0.115. The Hall–Kier alpha value is -2.82. The van der Waals surface area contributed by atoms with Gasteiger partial charge in [0.15, 0.2) is 0 Å². The Morgan fingerprint density at radius 2 is 1.52 bits per heavy atom. The smallest absolute Gasteiger partial charge is 0.255 e. The summed E-state index contributed by atoms with van der Waals surface area (Å²) in [7, 11) is 0. The van der Waals surface area contributed by atoms with Gasteiger partial charge in [-0.1, -0.05) is 25.0 Å². The third-order valence-electron chi connectivity index (χ3n) is 5.86. The first-order valence-corrected chi connectivity index (χ1v) is 10.7. The number of carbonyl (C=O) groups excluding carboxylic acids is 2. The molecule has 2 aromatic rings. The summed E-state index contributed by atoms with van der Waals surface area (Å²) in [6.45, 7) is 3.68. The number of likely N-dealkylation sites (tertiary alicyclic amines) is 1. The average molecular weight is 392 g/mol. The minimum Gasteiger partial charge on any atom is -0.372 e. The highest BCUT2D eigenvalue weighted by Crippen LogP contribution is 2.22. The fraction of sp³-hybridized carbons (Fsp3) is 0.417. The fourth-order valence-electron chi connectivity index (χ4n) is 4.14. The lowest BCUT2D eigenvalue weighted by atomic mass is 10.1. The van der Waals surface area contributed by atoms with Gasteiger partial charge in [-0.3, -0.25) is 9.59 Å². The lowest BCUT2D eigenvalue weighted by molar-refractivity contribution is -0.128. The third kappa shape index (κ3) is 4.97. The van der Waals surface area contributed by atoms with Gasteiger partial charge in [0.2, 0.25) is 5.91 Å². The molecule has 0 atom stereocenters. The van der Waals surface area contributed by atoms with E-state index in [1.54, 1.807) is 0 Å². The predicted molar refractivity (Wildman–Crippen MR) is 116 cm³/mol. The number of hydrogen-bond acceptors (Lipinski definition) is 3. The number of anilines is 2. The summed E-state index contributed by atoms with van der Waals surface area (Å²) in [5.41, 5.74) is 3.71. The van der Waals surface area contributed by atoms with Crippen LogP contribution >= 0.6 is 0 Å². The van der Waals surface area contributed by atoms with Crippen molar-refractivity contribution in [1.82, 2.24) is 4.90 Å². The second-order valence-electron chi connectivity index (χ2n) is 8.02. The van der Waals surface area contributed by atoms with Crippen LogP contribution in [-0.2, 0) is 11.3 Å². The molecule has 5 nitrogen and oxygen atoms in total. The standard InChI is InChI=1S/C24H29N3O2/c28-23-6-5-17-27(23)18-19-7-9-20(10-8-19)24(29)25-21-11-13-22(14-12-21)26-15-3-1-2-4-16-26/h7-14H,1-6,15-18H2,(H,25,29). The number of carbonyl (C=O) groups is 2. The molecule has 0 aromatic heterocycles. The highest BCUT2D eigenvalue weighted by atomic mass is 16.2. The molecule has 1 N–H and O–H groups in total. The van der Waals surface area contributed by atoms with Gasteiger partial charge in [-0.05, 0) is 61.2 Å². The Morgan fingerprint density at radius 1 is 0.828 bits per heavy atom. The van der Waals surface area contributed by atoms with Gasteiger partial charge in [0.05, 0.1) is 0 Å². The summed E-state index contributed by atoms with van der Waals surface area (Å²) >= 11 is 0. The van der Waals surface area contributed by atoms with E-state index in [0.717, 1.165) is 37.3 Å². The van der Waals surface area contributed by atoms with E-state index in [9.17, 15) is 9.59 Å². The van der Waals surface area contributed by atoms with E-state index in [4.69, 9.17) is 0 Å². The predicted octanol–water partition coefficient (Wildman–Crippen LogP) is 4.44. The summed E-state index contributed by atoms with van der Waals surface area (Å²) in [6.07, 6.45) is 6.73. The minimum atomic E-state index is -0.115. The van der Waals surface area contributed by atoms with Crippen molar-refractivity contribution >= 4 is 23.2 Å². The van der Waals surface area contributed by atoms with Crippen LogP contribution in [0.25, 0.3) is 0 Å². The van der Waals surface area contributed by atoms with E-state index >= 15 is 0 Å². The van der Waals surface area contributed by atoms with Crippen molar-refractivity contribution in [1.29, 1.82) is 0 Å². The second-order valence-corrected chi connectivity index (χ2v) is 8.02. The van der Waals surface area contributed by atoms with E-state index in [0.29, 0.717) is 18.5 Å². The molecular weight excluding hydrogens is 362 g/mol. The zero-order valence-electron chi connectivity index (χ0n) is 16.9. The Labute approximate surface area is 172 Å². The molecule has 5 heteroatoms. The van der Waals surface area contributed by atoms with Gasteiger partial charge >= 0.3 is 0 Å². The Bertz CT molecular complexity index is 837. The van der Waals surface area contributed by atoms with Crippen LogP contribution in [0.3, 0.4) is 0 Å². The molecule has 0 radical (unpaired) electrons. The number of rotatable bonds is 5. The van der Waals surface area contributed by atoms with Gasteiger partial charge in [0.25, 0.3) is 5.91 Å². The summed E-state index contributed by atoms with van der Waals surface area (Å²) < 4.78 is 0. The lowest BCUT2D eigenvalue weighted by Gasteiger charge is -2.22. The van der Waals surface area contributed by atoms with Gasteiger partial charge in [-0.2, -0.15) is 0 Å². The molecule has 2 aromatic carbocycles. The highest BCUT2D eigenvalue weighted by Gasteiger charge is 2.20. The zero-order valence-corrected chi connectivity index (χ0v) is 16.9. The molecule has 2 heterocycles. The number of hydrogen-bond donors (Lipinski definition) is 1. The van der Waals surface area contributed by atoms with Crippen molar-refractivity contribution in [2.24, 2.45) is 0 Å². The zero-order chi connectivity index (χ0) is 20.1. The Balaban J connectivity index is 1.34. The SMILES string of the molecule is O=C(Nc1ccc(N2CCCCCC2)cc1)c1ccc(CN2CCCC2=O)cc1. The van der Waals surface area contributed by atoms with Gasteiger partial charge < -0.3 is 15.1 Å². The van der Waals surface area contributed by atoms with E-state index in [-0.39, 0.29) is 11.8 Å². The quantitative estimate of drug-likeness (QED) is 0.820. The molecule has 0 saturated carbocycles. The van der Waals surface area contributed by atoms with Crippen LogP contribution in [0.5, 0.6) is 0 Å². The van der Waals surface area contributed by atoms with Crippen LogP contribution in [0.2, 0.25) is 0 Å². The van der Waals surface area contributed by atoms with E-state index in [1.165, 1.54) is 31.4 Å². The van der Waals surface area contributed by atoms with Crippen LogP contribution in [0.4, 0.5) is 11.4 Å². The summed E-state index contributed by atoms with van der Waals surface area (Å²) in [4.78, 5) is 28.6. The molecule has 0 bridgehead atoms. The lowest BCUT2D eigenvalue weighted by Crippen LogP contribution is -2.24. The van der Waals surface area contributed by atoms with Crippen LogP contribution in [0, 0.1) is 0 Å².